The van der Waals surface area contributed by atoms with Crippen molar-refractivity contribution >= 4 is 43.8 Å². The van der Waals surface area contributed by atoms with Crippen LogP contribution in [0.5, 0.6) is 11.5 Å². The van der Waals surface area contributed by atoms with E-state index in [9.17, 15) is 13.2 Å². The Morgan fingerprint density at radius 2 is 1.74 bits per heavy atom. The Balaban J connectivity index is 1.76. The van der Waals surface area contributed by atoms with Crippen molar-refractivity contribution in [1.82, 2.24) is 9.99 Å². The zero-order chi connectivity index (χ0) is 25.8. The van der Waals surface area contributed by atoms with Crippen LogP contribution in [0.1, 0.15) is 17.0 Å². The van der Waals surface area contributed by atoms with Crippen molar-refractivity contribution in [2.75, 3.05) is 31.3 Å². The quantitative estimate of drug-likeness (QED) is 0.315. The highest BCUT2D eigenvalue weighted by atomic mass is 79.9. The second-order valence-corrected chi connectivity index (χ2v) is 10.6. The van der Waals surface area contributed by atoms with Crippen molar-refractivity contribution in [3.63, 3.8) is 0 Å². The normalized spacial score (nSPS) is 11.5. The molecular weight excluding hydrogens is 536 g/mol. The summed E-state index contributed by atoms with van der Waals surface area (Å²) >= 11 is 3.44. The van der Waals surface area contributed by atoms with E-state index in [4.69, 9.17) is 9.47 Å². The average molecular weight is 563 g/mol. The molecule has 0 fully saturated rings. The Labute approximate surface area is 213 Å². The van der Waals surface area contributed by atoms with Crippen LogP contribution >= 0.6 is 15.9 Å². The summed E-state index contributed by atoms with van der Waals surface area (Å²) in [6.07, 6.45) is 2.56. The van der Waals surface area contributed by atoms with Crippen LogP contribution in [0, 0.1) is 13.8 Å². The van der Waals surface area contributed by atoms with E-state index in [1.807, 2.05) is 44.2 Å². The molecule has 3 rings (SSSR count). The first-order chi connectivity index (χ1) is 16.5. The van der Waals surface area contributed by atoms with E-state index in [1.165, 1.54) is 32.6 Å². The molecule has 1 N–H and O–H groups in total. The van der Waals surface area contributed by atoms with Gasteiger partial charge in [-0.05, 0) is 56.3 Å². The lowest BCUT2D eigenvalue weighted by atomic mass is 10.2. The smallest absolute Gasteiger partial charge is 0.260 e. The molecule has 0 aliphatic heterocycles. The third-order valence-electron chi connectivity index (χ3n) is 5.29. The number of aromatic nitrogens is 1. The minimum Gasteiger partial charge on any atom is -0.493 e. The van der Waals surface area contributed by atoms with Crippen LogP contribution in [-0.2, 0) is 14.8 Å². The standard InChI is InChI=1S/C24H27BrN4O5S/c1-16-12-18(17(2)29(16)20-8-6-19(25)7-9-20)14-26-27-24(30)15-28(35(5,31)32)21-10-11-22(33-3)23(13-21)34-4/h6-14H,15H2,1-5H3,(H,27,30)/b26-14-. The lowest BCUT2D eigenvalue weighted by Crippen LogP contribution is -2.39. The van der Waals surface area contributed by atoms with Gasteiger partial charge in [-0.25, -0.2) is 13.8 Å². The van der Waals surface area contributed by atoms with Crippen LogP contribution in [-0.4, -0.2) is 52.1 Å². The molecule has 0 bridgehead atoms. The lowest BCUT2D eigenvalue weighted by Gasteiger charge is -2.22. The molecule has 1 amide bonds. The number of carbonyl (C=O) groups excluding carboxylic acids is 1. The Morgan fingerprint density at radius 3 is 2.34 bits per heavy atom. The van der Waals surface area contributed by atoms with Crippen molar-refractivity contribution in [3.8, 4) is 17.2 Å². The summed E-state index contributed by atoms with van der Waals surface area (Å²) in [5.74, 6) is 0.195. The molecule has 2 aromatic carbocycles. The number of hydrazone groups is 1. The van der Waals surface area contributed by atoms with Gasteiger partial charge in [-0.2, -0.15) is 5.10 Å². The third kappa shape index (κ3) is 6.23. The predicted octanol–water partition coefficient (Wildman–Crippen LogP) is 3.79. The minimum absolute atomic E-state index is 0.266. The van der Waals surface area contributed by atoms with Gasteiger partial charge in [0.1, 0.15) is 6.54 Å². The molecule has 0 saturated heterocycles. The van der Waals surface area contributed by atoms with Crippen molar-refractivity contribution in [1.29, 1.82) is 0 Å². The number of nitrogens with one attached hydrogen (secondary N) is 1. The van der Waals surface area contributed by atoms with Crippen LogP contribution in [0.25, 0.3) is 5.69 Å². The van der Waals surface area contributed by atoms with E-state index in [0.717, 1.165) is 37.7 Å². The molecule has 186 valence electrons. The molecule has 0 radical (unpaired) electrons. The van der Waals surface area contributed by atoms with E-state index in [-0.39, 0.29) is 5.69 Å². The van der Waals surface area contributed by atoms with Crippen LogP contribution < -0.4 is 19.2 Å². The molecule has 0 aliphatic carbocycles. The van der Waals surface area contributed by atoms with Crippen molar-refractivity contribution in [2.24, 2.45) is 5.10 Å². The minimum atomic E-state index is -3.76. The molecule has 1 aromatic heterocycles. The number of benzene rings is 2. The summed E-state index contributed by atoms with van der Waals surface area (Å²) in [5, 5.41) is 4.04. The van der Waals surface area contributed by atoms with Gasteiger partial charge in [0.15, 0.2) is 11.5 Å². The number of aryl methyl sites for hydroxylation is 1. The molecular formula is C24H27BrN4O5S. The fourth-order valence-corrected chi connectivity index (χ4v) is 4.74. The number of ether oxygens (including phenoxy) is 2. The number of sulfonamides is 1. The topological polar surface area (TPSA) is 102 Å². The van der Waals surface area contributed by atoms with Gasteiger partial charge in [0.2, 0.25) is 10.0 Å². The molecule has 0 aliphatic rings. The predicted molar refractivity (Wildman–Crippen MR) is 140 cm³/mol. The van der Waals surface area contributed by atoms with Gasteiger partial charge in [-0.3, -0.25) is 9.10 Å². The van der Waals surface area contributed by atoms with Gasteiger partial charge in [0.25, 0.3) is 5.91 Å². The first kappa shape index (κ1) is 26.3. The number of hydrogen-bond acceptors (Lipinski definition) is 6. The number of amides is 1. The number of carbonyl (C=O) groups is 1. The fourth-order valence-electron chi connectivity index (χ4n) is 3.63. The highest BCUT2D eigenvalue weighted by molar-refractivity contribution is 9.10. The summed E-state index contributed by atoms with van der Waals surface area (Å²) < 4.78 is 39.3. The summed E-state index contributed by atoms with van der Waals surface area (Å²) in [6, 6.07) is 14.5. The van der Waals surface area contributed by atoms with E-state index in [2.05, 4.69) is 31.0 Å². The second kappa shape index (κ2) is 11.0. The molecule has 0 unspecified atom stereocenters. The van der Waals surface area contributed by atoms with Gasteiger partial charge >= 0.3 is 0 Å². The summed E-state index contributed by atoms with van der Waals surface area (Å²) in [5.41, 5.74) is 6.47. The summed E-state index contributed by atoms with van der Waals surface area (Å²) in [6.45, 7) is 3.49. The summed E-state index contributed by atoms with van der Waals surface area (Å²) in [7, 11) is -0.834. The Morgan fingerprint density at radius 1 is 1.09 bits per heavy atom. The molecule has 3 aromatic rings. The molecule has 0 atom stereocenters. The monoisotopic (exact) mass is 562 g/mol. The Hall–Kier alpha value is -3.31. The number of methoxy groups -OCH3 is 2. The lowest BCUT2D eigenvalue weighted by molar-refractivity contribution is -0.119. The van der Waals surface area contributed by atoms with Crippen LogP contribution in [0.2, 0.25) is 0 Å². The maximum absolute atomic E-state index is 12.6. The van der Waals surface area contributed by atoms with Gasteiger partial charge in [0.05, 0.1) is 32.4 Å². The van der Waals surface area contributed by atoms with Crippen molar-refractivity contribution in [3.05, 3.63) is 70.0 Å². The second-order valence-electron chi connectivity index (χ2n) is 7.74. The van der Waals surface area contributed by atoms with E-state index >= 15 is 0 Å². The molecule has 11 heteroatoms. The first-order valence-electron chi connectivity index (χ1n) is 10.5. The number of nitrogens with zero attached hydrogens (tertiary/aromatic N) is 3. The molecule has 9 nitrogen and oxygen atoms in total. The zero-order valence-corrected chi connectivity index (χ0v) is 22.5. The maximum atomic E-state index is 12.6. The van der Waals surface area contributed by atoms with Crippen LogP contribution in [0.4, 0.5) is 5.69 Å². The Kier molecular flexibility index (Phi) is 8.23. The number of halogens is 1. The first-order valence-corrected chi connectivity index (χ1v) is 13.2. The van der Waals surface area contributed by atoms with Crippen molar-refractivity contribution in [2.45, 2.75) is 13.8 Å². The highest BCUT2D eigenvalue weighted by Gasteiger charge is 2.22. The van der Waals surface area contributed by atoms with Gasteiger partial charge in [-0.1, -0.05) is 15.9 Å². The zero-order valence-electron chi connectivity index (χ0n) is 20.1. The number of anilines is 1. The molecule has 0 spiro atoms. The Bertz CT molecular complexity index is 1350. The van der Waals surface area contributed by atoms with E-state index < -0.39 is 22.5 Å². The largest absolute Gasteiger partial charge is 0.493 e. The third-order valence-corrected chi connectivity index (χ3v) is 6.96. The number of hydrogen-bond donors (Lipinski definition) is 1. The molecule has 0 saturated carbocycles. The number of rotatable bonds is 9. The maximum Gasteiger partial charge on any atom is 0.260 e. The van der Waals surface area contributed by atoms with Gasteiger partial charge in [0, 0.05) is 33.2 Å². The van der Waals surface area contributed by atoms with Crippen LogP contribution in [0.15, 0.2) is 58.1 Å². The van der Waals surface area contributed by atoms with E-state index in [0.29, 0.717) is 11.5 Å². The molecule has 1 heterocycles. The van der Waals surface area contributed by atoms with Gasteiger partial charge < -0.3 is 14.0 Å². The average Bonchev–Trinajstić information content (AvgIpc) is 3.09. The van der Waals surface area contributed by atoms with E-state index in [1.54, 1.807) is 6.07 Å². The fraction of sp³-hybridized carbons (Fsp3) is 0.250. The highest BCUT2D eigenvalue weighted by Crippen LogP contribution is 2.32. The SMILES string of the molecule is COc1ccc(N(CC(=O)N/N=C\c2cc(C)n(-c3ccc(Br)cc3)c2C)S(C)(=O)=O)cc1OC. The molecule has 35 heavy (non-hydrogen) atoms. The van der Waals surface area contributed by atoms with Gasteiger partial charge in [-0.15, -0.1) is 0 Å². The summed E-state index contributed by atoms with van der Waals surface area (Å²) in [4.78, 5) is 12.6. The van der Waals surface area contributed by atoms with Crippen molar-refractivity contribution < 1.29 is 22.7 Å². The van der Waals surface area contributed by atoms with Crippen LogP contribution in [0.3, 0.4) is 0 Å².